The van der Waals surface area contributed by atoms with Crippen molar-refractivity contribution in [2.45, 2.75) is 25.7 Å². The monoisotopic (exact) mass is 240 g/mol. The van der Waals surface area contributed by atoms with Crippen molar-refractivity contribution < 1.29 is 14.3 Å². The molecule has 1 aromatic heterocycles. The van der Waals surface area contributed by atoms with Crippen molar-refractivity contribution in [3.05, 3.63) is 29.8 Å². The van der Waals surface area contributed by atoms with E-state index in [1.54, 1.807) is 0 Å². The lowest BCUT2D eigenvalue weighted by atomic mass is 10.2. The van der Waals surface area contributed by atoms with Crippen molar-refractivity contribution in [3.8, 4) is 0 Å². The minimum absolute atomic E-state index is 0.210. The molecule has 0 unspecified atom stereocenters. The van der Waals surface area contributed by atoms with E-state index in [1.807, 2.05) is 0 Å². The van der Waals surface area contributed by atoms with Gasteiger partial charge in [-0.2, -0.15) is 0 Å². The standard InChI is InChI=1S/C12H17FN2O2/c13-11-7-10(8-14-9-11)12(17)15-5-3-1-2-4-6-16/h7-9,16H,1-6H2,(H,15,17). The van der Waals surface area contributed by atoms with Gasteiger partial charge in [-0.3, -0.25) is 9.78 Å². The maximum Gasteiger partial charge on any atom is 0.252 e. The molecule has 0 spiro atoms. The largest absolute Gasteiger partial charge is 0.396 e. The molecule has 1 amide bonds. The average molecular weight is 240 g/mol. The minimum atomic E-state index is -0.513. The van der Waals surface area contributed by atoms with Crippen LogP contribution in [0.4, 0.5) is 4.39 Å². The van der Waals surface area contributed by atoms with Crippen LogP contribution in [0.2, 0.25) is 0 Å². The number of carbonyl (C=O) groups excluding carboxylic acids is 1. The lowest BCUT2D eigenvalue weighted by Crippen LogP contribution is -2.24. The molecular weight excluding hydrogens is 223 g/mol. The topological polar surface area (TPSA) is 62.2 Å². The summed E-state index contributed by atoms with van der Waals surface area (Å²) >= 11 is 0. The molecule has 94 valence electrons. The lowest BCUT2D eigenvalue weighted by Gasteiger charge is -2.04. The fourth-order valence-electron chi connectivity index (χ4n) is 1.43. The summed E-state index contributed by atoms with van der Waals surface area (Å²) < 4.78 is 12.8. The first-order valence-corrected chi connectivity index (χ1v) is 5.73. The molecule has 0 aliphatic heterocycles. The number of halogens is 1. The van der Waals surface area contributed by atoms with Gasteiger partial charge in [0.2, 0.25) is 0 Å². The van der Waals surface area contributed by atoms with Crippen LogP contribution in [0.3, 0.4) is 0 Å². The molecule has 0 saturated carbocycles. The van der Waals surface area contributed by atoms with Gasteiger partial charge in [0.25, 0.3) is 5.91 Å². The number of hydrogen-bond donors (Lipinski definition) is 2. The van der Waals surface area contributed by atoms with Crippen LogP contribution in [0.5, 0.6) is 0 Å². The zero-order valence-electron chi connectivity index (χ0n) is 9.66. The maximum atomic E-state index is 12.8. The second-order valence-electron chi connectivity index (χ2n) is 3.79. The molecule has 5 heteroatoms. The molecule has 0 aromatic carbocycles. The Labute approximate surface area is 99.9 Å². The minimum Gasteiger partial charge on any atom is -0.396 e. The number of rotatable bonds is 7. The van der Waals surface area contributed by atoms with Crippen molar-refractivity contribution in [1.29, 1.82) is 0 Å². The first kappa shape index (κ1) is 13.6. The van der Waals surface area contributed by atoms with Gasteiger partial charge in [0.1, 0.15) is 5.82 Å². The molecule has 0 saturated heterocycles. The number of amides is 1. The summed E-state index contributed by atoms with van der Waals surface area (Å²) in [5.41, 5.74) is 0.236. The molecule has 0 radical (unpaired) electrons. The van der Waals surface area contributed by atoms with Crippen molar-refractivity contribution in [2.75, 3.05) is 13.2 Å². The number of aliphatic hydroxyl groups excluding tert-OH is 1. The Balaban J connectivity index is 2.21. The maximum absolute atomic E-state index is 12.8. The van der Waals surface area contributed by atoms with Gasteiger partial charge >= 0.3 is 0 Å². The summed E-state index contributed by atoms with van der Waals surface area (Å²) in [4.78, 5) is 15.1. The van der Waals surface area contributed by atoms with Crippen LogP contribution in [0.15, 0.2) is 18.5 Å². The highest BCUT2D eigenvalue weighted by molar-refractivity contribution is 5.93. The van der Waals surface area contributed by atoms with Gasteiger partial charge in [0, 0.05) is 19.3 Å². The summed E-state index contributed by atoms with van der Waals surface area (Å²) in [5, 5.41) is 11.3. The summed E-state index contributed by atoms with van der Waals surface area (Å²) in [6.07, 6.45) is 5.96. The van der Waals surface area contributed by atoms with E-state index < -0.39 is 5.82 Å². The SMILES string of the molecule is O=C(NCCCCCCO)c1cncc(F)c1. The molecule has 0 aliphatic carbocycles. The van der Waals surface area contributed by atoms with Gasteiger partial charge in [-0.1, -0.05) is 12.8 Å². The number of nitrogens with zero attached hydrogens (tertiary/aromatic N) is 1. The zero-order valence-corrected chi connectivity index (χ0v) is 9.66. The van der Waals surface area contributed by atoms with E-state index in [1.165, 1.54) is 6.20 Å². The predicted octanol–water partition coefficient (Wildman–Crippen LogP) is 1.50. The fourth-order valence-corrected chi connectivity index (χ4v) is 1.43. The predicted molar refractivity (Wildman–Crippen MR) is 62.1 cm³/mol. The van der Waals surface area contributed by atoms with Gasteiger partial charge in [0.05, 0.1) is 11.8 Å². The summed E-state index contributed by atoms with van der Waals surface area (Å²) in [5.74, 6) is -0.820. The quantitative estimate of drug-likeness (QED) is 0.710. The number of unbranched alkanes of at least 4 members (excludes halogenated alkanes) is 3. The zero-order chi connectivity index (χ0) is 12.5. The lowest BCUT2D eigenvalue weighted by molar-refractivity contribution is 0.0952. The Morgan fingerprint density at radius 3 is 2.76 bits per heavy atom. The molecule has 1 aromatic rings. The smallest absolute Gasteiger partial charge is 0.252 e. The molecule has 17 heavy (non-hydrogen) atoms. The Morgan fingerprint density at radius 1 is 1.29 bits per heavy atom. The number of hydrogen-bond acceptors (Lipinski definition) is 3. The molecule has 2 N–H and O–H groups in total. The molecular formula is C12H17FN2O2. The van der Waals surface area contributed by atoms with Crippen molar-refractivity contribution in [3.63, 3.8) is 0 Å². The van der Waals surface area contributed by atoms with Crippen LogP contribution in [-0.2, 0) is 0 Å². The molecule has 4 nitrogen and oxygen atoms in total. The van der Waals surface area contributed by atoms with Crippen LogP contribution < -0.4 is 5.32 Å². The van der Waals surface area contributed by atoms with Gasteiger partial charge in [-0.15, -0.1) is 0 Å². The summed E-state index contributed by atoms with van der Waals surface area (Å²) in [6, 6.07) is 1.16. The molecule has 1 heterocycles. The normalized spacial score (nSPS) is 10.2. The molecule has 0 atom stereocenters. The first-order valence-electron chi connectivity index (χ1n) is 5.73. The summed E-state index contributed by atoms with van der Waals surface area (Å²) in [7, 11) is 0. The molecule has 0 fully saturated rings. The number of aliphatic hydroxyl groups is 1. The second kappa shape index (κ2) is 7.73. The van der Waals surface area contributed by atoms with E-state index in [0.29, 0.717) is 6.54 Å². The molecule has 1 rings (SSSR count). The van der Waals surface area contributed by atoms with Crippen LogP contribution in [0.1, 0.15) is 36.0 Å². The van der Waals surface area contributed by atoms with E-state index in [0.717, 1.165) is 37.9 Å². The highest BCUT2D eigenvalue weighted by Gasteiger charge is 2.05. The number of carbonyl (C=O) groups is 1. The van der Waals surface area contributed by atoms with Crippen molar-refractivity contribution >= 4 is 5.91 Å². The van der Waals surface area contributed by atoms with E-state index in [2.05, 4.69) is 10.3 Å². The van der Waals surface area contributed by atoms with Gasteiger partial charge in [-0.05, 0) is 18.9 Å². The third-order valence-electron chi connectivity index (χ3n) is 2.34. The van der Waals surface area contributed by atoms with E-state index in [9.17, 15) is 9.18 Å². The number of aromatic nitrogens is 1. The highest BCUT2D eigenvalue weighted by atomic mass is 19.1. The summed E-state index contributed by atoms with van der Waals surface area (Å²) in [6.45, 7) is 0.766. The Kier molecular flexibility index (Phi) is 6.17. The Morgan fingerprint density at radius 2 is 2.06 bits per heavy atom. The van der Waals surface area contributed by atoms with Crippen LogP contribution >= 0.6 is 0 Å². The highest BCUT2D eigenvalue weighted by Crippen LogP contribution is 2.01. The van der Waals surface area contributed by atoms with Gasteiger partial charge in [-0.25, -0.2) is 4.39 Å². The number of nitrogens with one attached hydrogen (secondary N) is 1. The van der Waals surface area contributed by atoms with Crippen molar-refractivity contribution in [1.82, 2.24) is 10.3 Å². The van der Waals surface area contributed by atoms with E-state index in [4.69, 9.17) is 5.11 Å². The fraction of sp³-hybridized carbons (Fsp3) is 0.500. The molecule has 0 bridgehead atoms. The third-order valence-corrected chi connectivity index (χ3v) is 2.34. The van der Waals surface area contributed by atoms with Gasteiger partial charge in [0.15, 0.2) is 0 Å². The van der Waals surface area contributed by atoms with Crippen LogP contribution in [0.25, 0.3) is 0 Å². The Bertz CT molecular complexity index is 358. The van der Waals surface area contributed by atoms with Gasteiger partial charge < -0.3 is 10.4 Å². The average Bonchev–Trinajstić information content (AvgIpc) is 2.33. The van der Waals surface area contributed by atoms with E-state index >= 15 is 0 Å². The van der Waals surface area contributed by atoms with E-state index in [-0.39, 0.29) is 18.1 Å². The second-order valence-corrected chi connectivity index (χ2v) is 3.79. The molecule has 0 aliphatic rings. The Hall–Kier alpha value is -1.49. The van der Waals surface area contributed by atoms with Crippen LogP contribution in [0, 0.1) is 5.82 Å². The third kappa shape index (κ3) is 5.40. The number of pyridine rings is 1. The first-order chi connectivity index (χ1) is 8.24. The van der Waals surface area contributed by atoms with Crippen molar-refractivity contribution in [2.24, 2.45) is 0 Å². The van der Waals surface area contributed by atoms with Crippen LogP contribution in [-0.4, -0.2) is 29.1 Å².